The van der Waals surface area contributed by atoms with E-state index in [9.17, 15) is 4.79 Å². The van der Waals surface area contributed by atoms with Crippen molar-refractivity contribution in [3.05, 3.63) is 34.3 Å². The molecule has 0 atom stereocenters. The summed E-state index contributed by atoms with van der Waals surface area (Å²) < 4.78 is 5.89. The fourth-order valence-electron chi connectivity index (χ4n) is 1.14. The molecule has 4 heteroatoms. The zero-order valence-electron chi connectivity index (χ0n) is 8.87. The number of likely N-dealkylation sites (N-methyl/N-ethyl adjacent to an activating group) is 1. The van der Waals surface area contributed by atoms with Crippen molar-refractivity contribution < 1.29 is 9.53 Å². The second-order valence-corrected chi connectivity index (χ2v) is 4.14. The SMILES string of the molecule is COCCN(C)C(=O)c1ccc(Br)cc1. The van der Waals surface area contributed by atoms with Crippen molar-refractivity contribution in [3.8, 4) is 0 Å². The van der Waals surface area contributed by atoms with E-state index >= 15 is 0 Å². The van der Waals surface area contributed by atoms with Gasteiger partial charge in [0.1, 0.15) is 0 Å². The van der Waals surface area contributed by atoms with Gasteiger partial charge in [0, 0.05) is 30.7 Å². The number of halogens is 1. The van der Waals surface area contributed by atoms with E-state index in [1.54, 1.807) is 31.2 Å². The molecule has 1 amide bonds. The molecule has 0 saturated heterocycles. The van der Waals surface area contributed by atoms with Crippen LogP contribution in [0.25, 0.3) is 0 Å². The van der Waals surface area contributed by atoms with E-state index in [1.807, 2.05) is 12.1 Å². The molecule has 0 aliphatic carbocycles. The average Bonchev–Trinajstić information content (AvgIpc) is 2.26. The molecule has 82 valence electrons. The third kappa shape index (κ3) is 3.64. The highest BCUT2D eigenvalue weighted by atomic mass is 79.9. The van der Waals surface area contributed by atoms with E-state index in [-0.39, 0.29) is 5.91 Å². The van der Waals surface area contributed by atoms with Crippen molar-refractivity contribution in [2.45, 2.75) is 0 Å². The minimum absolute atomic E-state index is 0.0135. The van der Waals surface area contributed by atoms with E-state index < -0.39 is 0 Å². The van der Waals surface area contributed by atoms with Crippen LogP contribution in [0.2, 0.25) is 0 Å². The molecule has 0 spiro atoms. The van der Waals surface area contributed by atoms with Crippen LogP contribution in [0, 0.1) is 0 Å². The third-order valence-electron chi connectivity index (χ3n) is 2.07. The van der Waals surface area contributed by atoms with Crippen molar-refractivity contribution >= 4 is 21.8 Å². The Balaban J connectivity index is 2.63. The van der Waals surface area contributed by atoms with Crippen LogP contribution in [0.3, 0.4) is 0 Å². The molecule has 1 rings (SSSR count). The number of rotatable bonds is 4. The van der Waals surface area contributed by atoms with Gasteiger partial charge < -0.3 is 9.64 Å². The molecule has 0 aliphatic rings. The Morgan fingerprint density at radius 1 is 1.40 bits per heavy atom. The van der Waals surface area contributed by atoms with Crippen LogP contribution in [0.15, 0.2) is 28.7 Å². The molecule has 0 bridgehead atoms. The molecule has 0 saturated carbocycles. The van der Waals surface area contributed by atoms with E-state index in [0.29, 0.717) is 18.7 Å². The summed E-state index contributed by atoms with van der Waals surface area (Å²) in [6.45, 7) is 1.16. The largest absolute Gasteiger partial charge is 0.383 e. The number of amides is 1. The summed E-state index contributed by atoms with van der Waals surface area (Å²) in [4.78, 5) is 13.5. The molecule has 0 aromatic heterocycles. The lowest BCUT2D eigenvalue weighted by atomic mass is 10.2. The van der Waals surface area contributed by atoms with Gasteiger partial charge in [-0.25, -0.2) is 0 Å². The first kappa shape index (κ1) is 12.2. The maximum absolute atomic E-state index is 11.8. The van der Waals surface area contributed by atoms with Gasteiger partial charge in [-0.1, -0.05) is 15.9 Å². The number of carbonyl (C=O) groups is 1. The van der Waals surface area contributed by atoms with Gasteiger partial charge in [-0.2, -0.15) is 0 Å². The predicted molar refractivity (Wildman–Crippen MR) is 63.0 cm³/mol. The fourth-order valence-corrected chi connectivity index (χ4v) is 1.41. The summed E-state index contributed by atoms with van der Waals surface area (Å²) >= 11 is 3.33. The maximum Gasteiger partial charge on any atom is 0.253 e. The van der Waals surface area contributed by atoms with E-state index in [1.165, 1.54) is 0 Å². The Kier molecular flexibility index (Phi) is 4.78. The van der Waals surface area contributed by atoms with Crippen LogP contribution in [-0.4, -0.2) is 38.1 Å². The highest BCUT2D eigenvalue weighted by Gasteiger charge is 2.10. The quantitative estimate of drug-likeness (QED) is 0.840. The molecule has 1 aromatic carbocycles. The first-order valence-corrected chi connectivity index (χ1v) is 5.44. The summed E-state index contributed by atoms with van der Waals surface area (Å²) in [5.74, 6) is 0.0135. The number of hydrogen-bond donors (Lipinski definition) is 0. The van der Waals surface area contributed by atoms with Crippen LogP contribution in [0.1, 0.15) is 10.4 Å². The van der Waals surface area contributed by atoms with Gasteiger partial charge in [0.2, 0.25) is 0 Å². The number of benzene rings is 1. The minimum Gasteiger partial charge on any atom is -0.383 e. The standard InChI is InChI=1S/C11H14BrNO2/c1-13(7-8-15-2)11(14)9-3-5-10(12)6-4-9/h3-6H,7-8H2,1-2H3. The molecule has 15 heavy (non-hydrogen) atoms. The van der Waals surface area contributed by atoms with Gasteiger partial charge >= 0.3 is 0 Å². The molecule has 0 radical (unpaired) electrons. The zero-order valence-corrected chi connectivity index (χ0v) is 10.5. The average molecular weight is 272 g/mol. The Morgan fingerprint density at radius 3 is 2.53 bits per heavy atom. The highest BCUT2D eigenvalue weighted by Crippen LogP contribution is 2.11. The first-order valence-electron chi connectivity index (χ1n) is 4.65. The van der Waals surface area contributed by atoms with Crippen LogP contribution < -0.4 is 0 Å². The Hall–Kier alpha value is -0.870. The number of methoxy groups -OCH3 is 1. The summed E-state index contributed by atoms with van der Waals surface area (Å²) in [6.07, 6.45) is 0. The summed E-state index contributed by atoms with van der Waals surface area (Å²) in [7, 11) is 3.39. The molecular formula is C11H14BrNO2. The predicted octanol–water partition coefficient (Wildman–Crippen LogP) is 2.17. The minimum atomic E-state index is 0.0135. The van der Waals surface area contributed by atoms with E-state index in [4.69, 9.17) is 4.74 Å². The molecule has 0 unspecified atom stereocenters. The zero-order chi connectivity index (χ0) is 11.3. The fraction of sp³-hybridized carbons (Fsp3) is 0.364. The van der Waals surface area contributed by atoms with Crippen LogP contribution in [0.4, 0.5) is 0 Å². The maximum atomic E-state index is 11.8. The molecular weight excluding hydrogens is 258 g/mol. The van der Waals surface area contributed by atoms with Crippen LogP contribution in [0.5, 0.6) is 0 Å². The topological polar surface area (TPSA) is 29.5 Å². The second kappa shape index (κ2) is 5.88. The van der Waals surface area contributed by atoms with Crippen LogP contribution >= 0.6 is 15.9 Å². The van der Waals surface area contributed by atoms with Crippen molar-refractivity contribution in [1.29, 1.82) is 0 Å². The van der Waals surface area contributed by atoms with Gasteiger partial charge in [-0.15, -0.1) is 0 Å². The lowest BCUT2D eigenvalue weighted by molar-refractivity contribution is 0.0744. The van der Waals surface area contributed by atoms with Gasteiger partial charge in [-0.05, 0) is 24.3 Å². The van der Waals surface area contributed by atoms with E-state index in [0.717, 1.165) is 4.47 Å². The molecule has 1 aromatic rings. The second-order valence-electron chi connectivity index (χ2n) is 3.23. The van der Waals surface area contributed by atoms with Gasteiger partial charge in [0.25, 0.3) is 5.91 Å². The molecule has 3 nitrogen and oxygen atoms in total. The monoisotopic (exact) mass is 271 g/mol. The normalized spacial score (nSPS) is 10.1. The summed E-state index contributed by atoms with van der Waals surface area (Å²) in [5.41, 5.74) is 0.691. The molecule has 0 fully saturated rings. The number of ether oxygens (including phenoxy) is 1. The van der Waals surface area contributed by atoms with Gasteiger partial charge in [0.15, 0.2) is 0 Å². The van der Waals surface area contributed by atoms with E-state index in [2.05, 4.69) is 15.9 Å². The lowest BCUT2D eigenvalue weighted by Crippen LogP contribution is -2.29. The molecule has 0 heterocycles. The smallest absolute Gasteiger partial charge is 0.253 e. The van der Waals surface area contributed by atoms with Crippen molar-refractivity contribution in [1.82, 2.24) is 4.90 Å². The number of carbonyl (C=O) groups excluding carboxylic acids is 1. The molecule has 0 N–H and O–H groups in total. The number of nitrogens with zero attached hydrogens (tertiary/aromatic N) is 1. The highest BCUT2D eigenvalue weighted by molar-refractivity contribution is 9.10. The Bertz CT molecular complexity index is 324. The summed E-state index contributed by atoms with van der Waals surface area (Å²) in [6, 6.07) is 7.32. The number of hydrogen-bond acceptors (Lipinski definition) is 2. The Morgan fingerprint density at radius 2 is 2.00 bits per heavy atom. The summed E-state index contributed by atoms with van der Waals surface area (Å²) in [5, 5.41) is 0. The Labute approximate surface area is 98.2 Å². The third-order valence-corrected chi connectivity index (χ3v) is 2.60. The van der Waals surface area contributed by atoms with Crippen molar-refractivity contribution in [2.24, 2.45) is 0 Å². The van der Waals surface area contributed by atoms with Crippen molar-refractivity contribution in [2.75, 3.05) is 27.3 Å². The first-order chi connectivity index (χ1) is 7.15. The van der Waals surface area contributed by atoms with Crippen molar-refractivity contribution in [3.63, 3.8) is 0 Å². The van der Waals surface area contributed by atoms with Gasteiger partial charge in [-0.3, -0.25) is 4.79 Å². The molecule has 0 aliphatic heterocycles. The van der Waals surface area contributed by atoms with Crippen LogP contribution in [-0.2, 0) is 4.74 Å². The lowest BCUT2D eigenvalue weighted by Gasteiger charge is -2.16. The van der Waals surface area contributed by atoms with Gasteiger partial charge in [0.05, 0.1) is 6.61 Å².